The van der Waals surface area contributed by atoms with E-state index in [0.29, 0.717) is 0 Å². The summed E-state index contributed by atoms with van der Waals surface area (Å²) in [4.78, 5) is 1.29. The Bertz CT molecular complexity index is 470. The van der Waals surface area contributed by atoms with Gasteiger partial charge in [-0.3, -0.25) is 0 Å². The van der Waals surface area contributed by atoms with Crippen LogP contribution in [0.1, 0.15) is 4.88 Å². The second kappa shape index (κ2) is 5.37. The molecule has 0 amide bonds. The molecule has 0 bridgehead atoms. The summed E-state index contributed by atoms with van der Waals surface area (Å²) in [5.41, 5.74) is 1.02. The maximum Gasteiger partial charge on any atom is 0.141 e. The van der Waals surface area contributed by atoms with Crippen molar-refractivity contribution in [3.8, 4) is 5.75 Å². The first-order chi connectivity index (χ1) is 7.79. The van der Waals surface area contributed by atoms with Crippen molar-refractivity contribution in [2.75, 3.05) is 12.4 Å². The summed E-state index contributed by atoms with van der Waals surface area (Å²) < 4.78 is 6.40. The van der Waals surface area contributed by atoms with Crippen LogP contribution in [0.4, 0.5) is 5.69 Å². The number of nitrogens with one attached hydrogen (secondary N) is 1. The average Bonchev–Trinajstić information content (AvgIpc) is 2.73. The van der Waals surface area contributed by atoms with Crippen LogP contribution in [-0.2, 0) is 6.54 Å². The molecule has 4 heteroatoms. The van der Waals surface area contributed by atoms with Gasteiger partial charge in [0.05, 0.1) is 12.8 Å². The number of hydrogen-bond donors (Lipinski definition) is 1. The molecule has 2 rings (SSSR count). The van der Waals surface area contributed by atoms with Crippen molar-refractivity contribution in [3.05, 3.63) is 45.1 Å². The van der Waals surface area contributed by atoms with Gasteiger partial charge in [0.2, 0.25) is 0 Å². The van der Waals surface area contributed by atoms with Crippen molar-refractivity contribution in [2.24, 2.45) is 0 Å². The first-order valence-corrected chi connectivity index (χ1v) is 6.56. The van der Waals surface area contributed by atoms with Gasteiger partial charge in [0.25, 0.3) is 0 Å². The van der Waals surface area contributed by atoms with E-state index < -0.39 is 0 Å². The Hall–Kier alpha value is -1.000. The molecule has 0 aliphatic heterocycles. The number of thiophene rings is 1. The lowest BCUT2D eigenvalue weighted by molar-refractivity contribution is 0.416. The van der Waals surface area contributed by atoms with E-state index in [9.17, 15) is 0 Å². The Balaban J connectivity index is 2.04. The molecule has 0 spiro atoms. The van der Waals surface area contributed by atoms with Crippen molar-refractivity contribution < 1.29 is 4.74 Å². The number of ether oxygens (including phenoxy) is 1. The molecule has 0 unspecified atom stereocenters. The van der Waals surface area contributed by atoms with Crippen LogP contribution in [0.25, 0.3) is 0 Å². The van der Waals surface area contributed by atoms with Gasteiger partial charge in [-0.05, 0) is 34.1 Å². The third-order valence-electron chi connectivity index (χ3n) is 2.18. The van der Waals surface area contributed by atoms with Crippen LogP contribution in [0.3, 0.4) is 0 Å². The lowest BCUT2D eigenvalue weighted by atomic mass is 10.3. The lowest BCUT2D eigenvalue weighted by Gasteiger charge is -2.09. The van der Waals surface area contributed by atoms with Crippen molar-refractivity contribution in [1.29, 1.82) is 0 Å². The molecular weight excluding hydrogens is 286 g/mol. The van der Waals surface area contributed by atoms with Gasteiger partial charge in [-0.15, -0.1) is 11.3 Å². The first kappa shape index (κ1) is 11.5. The normalized spacial score (nSPS) is 10.1. The van der Waals surface area contributed by atoms with Crippen molar-refractivity contribution >= 4 is 33.0 Å². The van der Waals surface area contributed by atoms with E-state index in [-0.39, 0.29) is 0 Å². The Labute approximate surface area is 107 Å². The molecular formula is C12H12BrNOS. The molecule has 84 valence electrons. The van der Waals surface area contributed by atoms with E-state index in [2.05, 4.69) is 32.7 Å². The van der Waals surface area contributed by atoms with Gasteiger partial charge in [-0.2, -0.15) is 0 Å². The minimum absolute atomic E-state index is 0.816. The van der Waals surface area contributed by atoms with Crippen LogP contribution in [0.5, 0.6) is 5.75 Å². The molecule has 1 aromatic carbocycles. The molecule has 1 N–H and O–H groups in total. The molecule has 0 saturated carbocycles. The molecule has 0 radical (unpaired) electrons. The van der Waals surface area contributed by atoms with Gasteiger partial charge < -0.3 is 10.1 Å². The maximum atomic E-state index is 5.27. The smallest absolute Gasteiger partial charge is 0.141 e. The SMILES string of the molecule is COc1ccccc1NCc1cc(Br)cs1. The molecule has 0 saturated heterocycles. The second-order valence-electron chi connectivity index (χ2n) is 3.29. The van der Waals surface area contributed by atoms with E-state index in [4.69, 9.17) is 4.74 Å². The van der Waals surface area contributed by atoms with Crippen molar-refractivity contribution in [3.63, 3.8) is 0 Å². The summed E-state index contributed by atoms with van der Waals surface area (Å²) in [6.45, 7) is 0.816. The number of anilines is 1. The standard InChI is InChI=1S/C12H12BrNOS/c1-15-12-5-3-2-4-11(12)14-7-10-6-9(13)8-16-10/h2-6,8,14H,7H2,1H3. The molecule has 2 nitrogen and oxygen atoms in total. The van der Waals surface area contributed by atoms with Gasteiger partial charge in [-0.25, -0.2) is 0 Å². The Morgan fingerprint density at radius 1 is 1.38 bits per heavy atom. The predicted octanol–water partition coefficient (Wildman–Crippen LogP) is 4.13. The van der Waals surface area contributed by atoms with Gasteiger partial charge in [0.1, 0.15) is 5.75 Å². The molecule has 1 aromatic heterocycles. The van der Waals surface area contributed by atoms with Crippen molar-refractivity contribution in [1.82, 2.24) is 0 Å². The fourth-order valence-electron chi connectivity index (χ4n) is 1.42. The number of para-hydroxylation sites is 2. The Morgan fingerprint density at radius 3 is 2.88 bits per heavy atom. The fraction of sp³-hybridized carbons (Fsp3) is 0.167. The zero-order chi connectivity index (χ0) is 11.4. The predicted molar refractivity (Wildman–Crippen MR) is 72.3 cm³/mol. The summed E-state index contributed by atoms with van der Waals surface area (Å²) in [6, 6.07) is 10.0. The quantitative estimate of drug-likeness (QED) is 0.916. The summed E-state index contributed by atoms with van der Waals surface area (Å²) in [7, 11) is 1.68. The third kappa shape index (κ3) is 2.77. The topological polar surface area (TPSA) is 21.3 Å². The lowest BCUT2D eigenvalue weighted by Crippen LogP contribution is -1.99. The van der Waals surface area contributed by atoms with Crippen LogP contribution in [-0.4, -0.2) is 7.11 Å². The minimum atomic E-state index is 0.816. The fourth-order valence-corrected chi connectivity index (χ4v) is 2.81. The van der Waals surface area contributed by atoms with E-state index >= 15 is 0 Å². The van der Waals surface area contributed by atoms with Crippen LogP contribution in [0.15, 0.2) is 40.2 Å². The maximum absolute atomic E-state index is 5.27. The molecule has 16 heavy (non-hydrogen) atoms. The molecule has 0 aliphatic carbocycles. The first-order valence-electron chi connectivity index (χ1n) is 4.89. The molecule has 1 heterocycles. The highest BCUT2D eigenvalue weighted by Gasteiger charge is 2.02. The summed E-state index contributed by atoms with van der Waals surface area (Å²) in [6.07, 6.45) is 0. The second-order valence-corrected chi connectivity index (χ2v) is 5.20. The number of methoxy groups -OCH3 is 1. The highest BCUT2D eigenvalue weighted by atomic mass is 79.9. The largest absolute Gasteiger partial charge is 0.495 e. The van der Waals surface area contributed by atoms with Gasteiger partial charge >= 0.3 is 0 Å². The van der Waals surface area contributed by atoms with Crippen LogP contribution < -0.4 is 10.1 Å². The molecule has 0 atom stereocenters. The number of halogens is 1. The average molecular weight is 298 g/mol. The highest BCUT2D eigenvalue weighted by Crippen LogP contribution is 2.25. The number of benzene rings is 1. The van der Waals surface area contributed by atoms with E-state index in [1.165, 1.54) is 4.88 Å². The van der Waals surface area contributed by atoms with E-state index in [0.717, 1.165) is 22.5 Å². The number of rotatable bonds is 4. The van der Waals surface area contributed by atoms with Crippen LogP contribution in [0, 0.1) is 0 Å². The number of hydrogen-bond acceptors (Lipinski definition) is 3. The zero-order valence-electron chi connectivity index (χ0n) is 8.87. The van der Waals surface area contributed by atoms with Crippen LogP contribution >= 0.6 is 27.3 Å². The van der Waals surface area contributed by atoms with E-state index in [1.54, 1.807) is 18.4 Å². The Morgan fingerprint density at radius 2 is 2.19 bits per heavy atom. The Kier molecular flexibility index (Phi) is 3.85. The van der Waals surface area contributed by atoms with Gasteiger partial charge in [-0.1, -0.05) is 12.1 Å². The summed E-state index contributed by atoms with van der Waals surface area (Å²) in [5, 5.41) is 5.44. The summed E-state index contributed by atoms with van der Waals surface area (Å²) >= 11 is 5.18. The monoisotopic (exact) mass is 297 g/mol. The summed E-state index contributed by atoms with van der Waals surface area (Å²) in [5.74, 6) is 0.873. The highest BCUT2D eigenvalue weighted by molar-refractivity contribution is 9.10. The van der Waals surface area contributed by atoms with Gasteiger partial charge in [0.15, 0.2) is 0 Å². The molecule has 0 fully saturated rings. The minimum Gasteiger partial charge on any atom is -0.495 e. The zero-order valence-corrected chi connectivity index (χ0v) is 11.3. The van der Waals surface area contributed by atoms with Crippen LogP contribution in [0.2, 0.25) is 0 Å². The molecule has 2 aromatic rings. The van der Waals surface area contributed by atoms with Gasteiger partial charge in [0, 0.05) is 21.3 Å². The van der Waals surface area contributed by atoms with E-state index in [1.807, 2.05) is 24.3 Å². The van der Waals surface area contributed by atoms with Crippen molar-refractivity contribution in [2.45, 2.75) is 6.54 Å². The third-order valence-corrected chi connectivity index (χ3v) is 3.88. The molecule has 0 aliphatic rings.